The zero-order valence-corrected chi connectivity index (χ0v) is 12.1. The highest BCUT2D eigenvalue weighted by atomic mass is 19.1. The molecule has 2 atom stereocenters. The van der Waals surface area contributed by atoms with Crippen LogP contribution in [0, 0.1) is 11.6 Å². The molecule has 2 aliphatic rings. The summed E-state index contributed by atoms with van der Waals surface area (Å²) in [6.45, 7) is 0. The Bertz CT molecular complexity index is 517. The maximum atomic E-state index is 13.6. The number of fused-ring (bicyclic) bond motifs is 2. The third kappa shape index (κ3) is 2.93. The Morgan fingerprint density at radius 2 is 1.81 bits per heavy atom. The first kappa shape index (κ1) is 14.4. The average Bonchev–Trinajstić information content (AvgIpc) is 2.80. The Labute approximate surface area is 123 Å². The first-order chi connectivity index (χ1) is 10.0. The van der Waals surface area contributed by atoms with E-state index in [1.54, 1.807) is 11.9 Å². The normalized spacial score (nSPS) is 27.7. The summed E-state index contributed by atoms with van der Waals surface area (Å²) in [4.78, 5) is 14.0. The van der Waals surface area contributed by atoms with Crippen LogP contribution in [0.3, 0.4) is 0 Å². The van der Waals surface area contributed by atoms with Gasteiger partial charge in [0.15, 0.2) is 0 Å². The van der Waals surface area contributed by atoms with Gasteiger partial charge < -0.3 is 10.2 Å². The molecule has 0 spiro atoms. The number of nitrogens with zero attached hydrogens (tertiary/aromatic N) is 1. The van der Waals surface area contributed by atoms with Crippen molar-refractivity contribution in [2.75, 3.05) is 7.05 Å². The average molecular weight is 294 g/mol. The number of halogens is 2. The van der Waals surface area contributed by atoms with E-state index in [0.717, 1.165) is 25.7 Å². The van der Waals surface area contributed by atoms with Gasteiger partial charge >= 0.3 is 0 Å². The quantitative estimate of drug-likeness (QED) is 0.927. The van der Waals surface area contributed by atoms with Crippen LogP contribution in [-0.4, -0.2) is 36.0 Å². The van der Waals surface area contributed by atoms with Crippen LogP contribution in [0.15, 0.2) is 18.2 Å². The van der Waals surface area contributed by atoms with E-state index in [2.05, 4.69) is 5.32 Å². The molecule has 21 heavy (non-hydrogen) atoms. The van der Waals surface area contributed by atoms with Gasteiger partial charge in [-0.3, -0.25) is 4.79 Å². The van der Waals surface area contributed by atoms with Gasteiger partial charge in [-0.15, -0.1) is 0 Å². The van der Waals surface area contributed by atoms with Crippen molar-refractivity contribution in [2.45, 2.75) is 50.2 Å². The van der Waals surface area contributed by atoms with Crippen LogP contribution in [0.4, 0.5) is 8.78 Å². The van der Waals surface area contributed by atoms with E-state index in [0.29, 0.717) is 12.1 Å². The van der Waals surface area contributed by atoms with Crippen LogP contribution in [0.1, 0.15) is 31.2 Å². The Kier molecular flexibility index (Phi) is 3.93. The van der Waals surface area contributed by atoms with Crippen molar-refractivity contribution in [1.29, 1.82) is 0 Å². The van der Waals surface area contributed by atoms with Crippen molar-refractivity contribution in [3.63, 3.8) is 0 Å². The molecule has 1 N–H and O–H groups in total. The maximum absolute atomic E-state index is 13.6. The maximum Gasteiger partial charge on any atom is 0.227 e. The van der Waals surface area contributed by atoms with E-state index in [4.69, 9.17) is 0 Å². The molecule has 114 valence electrons. The van der Waals surface area contributed by atoms with Crippen LogP contribution in [0.5, 0.6) is 0 Å². The molecule has 0 aliphatic carbocycles. The largest absolute Gasteiger partial charge is 0.342 e. The van der Waals surface area contributed by atoms with Crippen molar-refractivity contribution in [3.05, 3.63) is 35.4 Å². The number of hydrogen-bond acceptors (Lipinski definition) is 2. The summed E-state index contributed by atoms with van der Waals surface area (Å²) in [7, 11) is 1.75. The van der Waals surface area contributed by atoms with Crippen LogP contribution in [0.25, 0.3) is 0 Å². The van der Waals surface area contributed by atoms with Crippen molar-refractivity contribution < 1.29 is 13.6 Å². The third-order valence-electron chi connectivity index (χ3n) is 4.78. The first-order valence-electron chi connectivity index (χ1n) is 7.49. The Balaban J connectivity index is 1.67. The lowest BCUT2D eigenvalue weighted by atomic mass is 9.98. The molecule has 1 amide bonds. The summed E-state index contributed by atoms with van der Waals surface area (Å²) < 4.78 is 27.3. The predicted octanol–water partition coefficient (Wildman–Crippen LogP) is 2.25. The summed E-state index contributed by atoms with van der Waals surface area (Å²) in [6.07, 6.45) is 3.96. The summed E-state index contributed by atoms with van der Waals surface area (Å²) in [5, 5.41) is 3.52. The number of rotatable bonds is 3. The lowest BCUT2D eigenvalue weighted by molar-refractivity contribution is -0.132. The van der Waals surface area contributed by atoms with Gasteiger partial charge in [-0.1, -0.05) is 6.07 Å². The molecular weight excluding hydrogens is 274 g/mol. The zero-order chi connectivity index (χ0) is 15.0. The monoisotopic (exact) mass is 294 g/mol. The molecule has 0 aromatic heterocycles. The lowest BCUT2D eigenvalue weighted by Gasteiger charge is -2.35. The topological polar surface area (TPSA) is 32.3 Å². The molecule has 2 unspecified atom stereocenters. The van der Waals surface area contributed by atoms with Gasteiger partial charge in [0.2, 0.25) is 5.91 Å². The molecule has 1 aromatic rings. The summed E-state index contributed by atoms with van der Waals surface area (Å²) in [6, 6.07) is 4.83. The Hall–Kier alpha value is -1.49. The fourth-order valence-electron chi connectivity index (χ4n) is 3.52. The molecule has 2 bridgehead atoms. The molecule has 3 nitrogen and oxygen atoms in total. The van der Waals surface area contributed by atoms with Crippen molar-refractivity contribution >= 4 is 5.91 Å². The van der Waals surface area contributed by atoms with Crippen molar-refractivity contribution in [3.8, 4) is 0 Å². The number of carbonyl (C=O) groups is 1. The van der Waals surface area contributed by atoms with E-state index in [-0.39, 0.29) is 23.9 Å². The highest BCUT2D eigenvalue weighted by Gasteiger charge is 2.36. The molecule has 1 aromatic carbocycles. The van der Waals surface area contributed by atoms with Crippen molar-refractivity contribution in [1.82, 2.24) is 10.2 Å². The van der Waals surface area contributed by atoms with Crippen LogP contribution < -0.4 is 5.32 Å². The fraction of sp³-hybridized carbons (Fsp3) is 0.562. The van der Waals surface area contributed by atoms with Gasteiger partial charge in [0.05, 0.1) is 6.42 Å². The van der Waals surface area contributed by atoms with E-state index in [9.17, 15) is 13.6 Å². The Morgan fingerprint density at radius 1 is 1.24 bits per heavy atom. The van der Waals surface area contributed by atoms with Crippen LogP contribution >= 0.6 is 0 Å². The standard InChI is InChI=1S/C16H20F2N2O/c1-20(12-7-10-5-6-11(8-12)19-10)16(21)9-13-14(17)3-2-4-15(13)18/h2-4,10-12,19H,5-9H2,1H3. The van der Waals surface area contributed by atoms with Gasteiger partial charge in [0, 0.05) is 30.7 Å². The highest BCUT2D eigenvalue weighted by molar-refractivity contribution is 5.79. The number of amides is 1. The molecule has 2 aliphatic heterocycles. The van der Waals surface area contributed by atoms with Crippen LogP contribution in [-0.2, 0) is 11.2 Å². The minimum atomic E-state index is -0.651. The number of nitrogens with one attached hydrogen (secondary N) is 1. The van der Waals surface area contributed by atoms with E-state index < -0.39 is 11.6 Å². The number of hydrogen-bond donors (Lipinski definition) is 1. The van der Waals surface area contributed by atoms with E-state index in [1.807, 2.05) is 0 Å². The van der Waals surface area contributed by atoms with Gasteiger partial charge in [0.25, 0.3) is 0 Å². The molecular formula is C16H20F2N2O. The summed E-state index contributed by atoms with van der Waals surface area (Å²) in [5.41, 5.74) is -0.133. The van der Waals surface area contributed by atoms with Gasteiger partial charge in [-0.2, -0.15) is 0 Å². The highest BCUT2D eigenvalue weighted by Crippen LogP contribution is 2.29. The number of carbonyl (C=O) groups excluding carboxylic acids is 1. The number of piperidine rings is 1. The van der Waals surface area contributed by atoms with E-state index in [1.165, 1.54) is 18.2 Å². The second kappa shape index (κ2) is 5.72. The first-order valence-corrected chi connectivity index (χ1v) is 7.49. The summed E-state index contributed by atoms with van der Waals surface area (Å²) in [5.74, 6) is -1.52. The molecule has 2 saturated heterocycles. The lowest BCUT2D eigenvalue weighted by Crippen LogP contribution is -2.49. The summed E-state index contributed by atoms with van der Waals surface area (Å²) >= 11 is 0. The molecule has 0 saturated carbocycles. The molecule has 2 heterocycles. The Morgan fingerprint density at radius 3 is 2.38 bits per heavy atom. The second-order valence-electron chi connectivity index (χ2n) is 6.14. The van der Waals surface area contributed by atoms with Gasteiger partial charge in [-0.25, -0.2) is 8.78 Å². The second-order valence-corrected chi connectivity index (χ2v) is 6.14. The van der Waals surface area contributed by atoms with Crippen LogP contribution in [0.2, 0.25) is 0 Å². The molecule has 2 fully saturated rings. The molecule has 3 rings (SSSR count). The smallest absolute Gasteiger partial charge is 0.227 e. The van der Waals surface area contributed by atoms with Crippen molar-refractivity contribution in [2.24, 2.45) is 0 Å². The van der Waals surface area contributed by atoms with Gasteiger partial charge in [-0.05, 0) is 37.8 Å². The van der Waals surface area contributed by atoms with E-state index >= 15 is 0 Å². The number of likely N-dealkylation sites (N-methyl/N-ethyl adjacent to an activating group) is 1. The predicted molar refractivity (Wildman–Crippen MR) is 75.8 cm³/mol. The SMILES string of the molecule is CN(C(=O)Cc1c(F)cccc1F)C1CC2CCC(C1)N2. The number of benzene rings is 1. The zero-order valence-electron chi connectivity index (χ0n) is 12.1. The van der Waals surface area contributed by atoms with Gasteiger partial charge in [0.1, 0.15) is 11.6 Å². The molecule has 0 radical (unpaired) electrons. The molecule has 5 heteroatoms. The minimum absolute atomic E-state index is 0.133. The fourth-order valence-corrected chi connectivity index (χ4v) is 3.52. The third-order valence-corrected chi connectivity index (χ3v) is 4.78. The minimum Gasteiger partial charge on any atom is -0.342 e.